The van der Waals surface area contributed by atoms with Gasteiger partial charge in [0.2, 0.25) is 0 Å². The van der Waals surface area contributed by atoms with Gasteiger partial charge in [-0.15, -0.1) is 0 Å². The van der Waals surface area contributed by atoms with Gasteiger partial charge in [-0.25, -0.2) is 4.39 Å². The maximum atomic E-state index is 13.2. The molecule has 2 aromatic carbocycles. The smallest absolute Gasteiger partial charge is 0.123 e. The van der Waals surface area contributed by atoms with Crippen LogP contribution in [0.3, 0.4) is 0 Å². The van der Waals surface area contributed by atoms with Crippen LogP contribution in [0.2, 0.25) is 5.02 Å². The second-order valence-electron chi connectivity index (χ2n) is 4.18. The summed E-state index contributed by atoms with van der Waals surface area (Å²) in [5, 5.41) is 0.650. The van der Waals surface area contributed by atoms with Crippen LogP contribution in [0.25, 0.3) is 0 Å². The van der Waals surface area contributed by atoms with Crippen LogP contribution in [-0.2, 0) is 11.3 Å². The van der Waals surface area contributed by atoms with Crippen LogP contribution in [0.5, 0.6) is 0 Å². The Morgan fingerprint density at radius 1 is 1.16 bits per heavy atom. The van der Waals surface area contributed by atoms with Crippen molar-refractivity contribution in [2.24, 2.45) is 5.73 Å². The van der Waals surface area contributed by atoms with Gasteiger partial charge in [-0.3, -0.25) is 0 Å². The van der Waals surface area contributed by atoms with E-state index in [0.29, 0.717) is 11.6 Å². The monoisotopic (exact) mass is 279 g/mol. The van der Waals surface area contributed by atoms with Gasteiger partial charge in [-0.2, -0.15) is 0 Å². The predicted octanol–water partition coefficient (Wildman–Crippen LogP) is 3.70. The first-order valence-electron chi connectivity index (χ1n) is 6.01. The van der Waals surface area contributed by atoms with Gasteiger partial charge >= 0.3 is 0 Å². The van der Waals surface area contributed by atoms with Gasteiger partial charge in [-0.05, 0) is 29.3 Å². The number of halogens is 2. The first-order valence-corrected chi connectivity index (χ1v) is 6.39. The molecule has 0 heterocycles. The van der Waals surface area contributed by atoms with E-state index in [1.807, 2.05) is 18.2 Å². The Morgan fingerprint density at radius 3 is 2.63 bits per heavy atom. The fourth-order valence-corrected chi connectivity index (χ4v) is 2.00. The number of rotatable bonds is 5. The summed E-state index contributed by atoms with van der Waals surface area (Å²) in [6, 6.07) is 13.7. The Hall–Kier alpha value is -1.42. The van der Waals surface area contributed by atoms with Crippen LogP contribution in [0, 0.1) is 5.82 Å². The highest BCUT2D eigenvalue weighted by Crippen LogP contribution is 2.22. The Kier molecular flexibility index (Phi) is 4.91. The first-order chi connectivity index (χ1) is 9.20. The minimum atomic E-state index is -0.341. The molecule has 0 aromatic heterocycles. The number of hydrogen-bond acceptors (Lipinski definition) is 2. The zero-order chi connectivity index (χ0) is 13.7. The molecule has 0 aliphatic carbocycles. The standard InChI is InChI=1S/C15H15ClFNO/c16-14-7-2-1-4-12(14)10-19-15(9-18)11-5-3-6-13(17)8-11/h1-8,15H,9-10,18H2. The van der Waals surface area contributed by atoms with E-state index in [1.165, 1.54) is 12.1 Å². The minimum absolute atomic E-state index is 0.286. The summed E-state index contributed by atoms with van der Waals surface area (Å²) in [5.41, 5.74) is 7.30. The molecule has 1 atom stereocenters. The molecule has 0 saturated heterocycles. The minimum Gasteiger partial charge on any atom is -0.367 e. The molecule has 2 N–H and O–H groups in total. The molecule has 2 nitrogen and oxygen atoms in total. The molecule has 4 heteroatoms. The fourth-order valence-electron chi connectivity index (χ4n) is 1.81. The van der Waals surface area contributed by atoms with Crippen molar-refractivity contribution in [2.45, 2.75) is 12.7 Å². The summed E-state index contributed by atoms with van der Waals surface area (Å²) in [5.74, 6) is -0.294. The van der Waals surface area contributed by atoms with Gasteiger partial charge in [0.1, 0.15) is 5.82 Å². The van der Waals surface area contributed by atoms with Gasteiger partial charge in [0.05, 0.1) is 12.7 Å². The highest BCUT2D eigenvalue weighted by Gasteiger charge is 2.11. The molecule has 0 amide bonds. The van der Waals surface area contributed by atoms with Crippen LogP contribution in [0.4, 0.5) is 4.39 Å². The Labute approximate surface area is 117 Å². The van der Waals surface area contributed by atoms with Crippen LogP contribution >= 0.6 is 11.6 Å². The molecular formula is C15H15ClFNO. The van der Waals surface area contributed by atoms with E-state index >= 15 is 0 Å². The number of benzene rings is 2. The van der Waals surface area contributed by atoms with Crippen LogP contribution in [0.15, 0.2) is 48.5 Å². The topological polar surface area (TPSA) is 35.2 Å². The highest BCUT2D eigenvalue weighted by atomic mass is 35.5. The van der Waals surface area contributed by atoms with Gasteiger partial charge < -0.3 is 10.5 Å². The van der Waals surface area contributed by atoms with Gasteiger partial charge in [0.15, 0.2) is 0 Å². The van der Waals surface area contributed by atoms with Crippen molar-refractivity contribution in [1.82, 2.24) is 0 Å². The van der Waals surface area contributed by atoms with Crippen LogP contribution < -0.4 is 5.73 Å². The molecule has 2 rings (SSSR count). The number of hydrogen-bond donors (Lipinski definition) is 1. The van der Waals surface area contributed by atoms with E-state index in [0.717, 1.165) is 11.1 Å². The third kappa shape index (κ3) is 3.77. The van der Waals surface area contributed by atoms with E-state index in [1.54, 1.807) is 18.2 Å². The zero-order valence-corrected chi connectivity index (χ0v) is 11.1. The summed E-state index contributed by atoms with van der Waals surface area (Å²) in [4.78, 5) is 0. The predicted molar refractivity (Wildman–Crippen MR) is 74.4 cm³/mol. The van der Waals surface area contributed by atoms with Gasteiger partial charge in [0.25, 0.3) is 0 Å². The van der Waals surface area contributed by atoms with E-state index in [-0.39, 0.29) is 18.5 Å². The lowest BCUT2D eigenvalue weighted by Gasteiger charge is -2.17. The van der Waals surface area contributed by atoms with Crippen molar-refractivity contribution in [3.05, 3.63) is 70.5 Å². The van der Waals surface area contributed by atoms with E-state index in [9.17, 15) is 4.39 Å². The Bertz CT molecular complexity index is 547. The van der Waals surface area contributed by atoms with Crippen molar-refractivity contribution in [3.63, 3.8) is 0 Å². The van der Waals surface area contributed by atoms with E-state index in [4.69, 9.17) is 22.1 Å². The second-order valence-corrected chi connectivity index (χ2v) is 4.59. The largest absolute Gasteiger partial charge is 0.367 e. The molecule has 100 valence electrons. The van der Waals surface area contributed by atoms with Gasteiger partial charge in [0, 0.05) is 11.6 Å². The maximum absolute atomic E-state index is 13.2. The second kappa shape index (κ2) is 6.66. The van der Waals surface area contributed by atoms with Crippen molar-refractivity contribution in [2.75, 3.05) is 6.54 Å². The Morgan fingerprint density at radius 2 is 1.95 bits per heavy atom. The molecule has 0 aliphatic rings. The van der Waals surface area contributed by atoms with Crippen molar-refractivity contribution < 1.29 is 9.13 Å². The normalized spacial score (nSPS) is 12.4. The molecule has 0 aliphatic heterocycles. The Balaban J connectivity index is 2.06. The highest BCUT2D eigenvalue weighted by molar-refractivity contribution is 6.31. The molecule has 0 spiro atoms. The number of nitrogens with two attached hydrogens (primary N) is 1. The molecule has 1 unspecified atom stereocenters. The maximum Gasteiger partial charge on any atom is 0.123 e. The van der Waals surface area contributed by atoms with Crippen LogP contribution in [-0.4, -0.2) is 6.54 Å². The fraction of sp³-hybridized carbons (Fsp3) is 0.200. The lowest BCUT2D eigenvalue weighted by atomic mass is 10.1. The zero-order valence-electron chi connectivity index (χ0n) is 10.4. The molecular weight excluding hydrogens is 265 g/mol. The van der Waals surface area contributed by atoms with Crippen molar-refractivity contribution in [3.8, 4) is 0 Å². The van der Waals surface area contributed by atoms with E-state index < -0.39 is 0 Å². The van der Waals surface area contributed by atoms with Gasteiger partial charge in [-0.1, -0.05) is 41.9 Å². The third-order valence-corrected chi connectivity index (χ3v) is 3.20. The summed E-state index contributed by atoms with van der Waals surface area (Å²) >= 11 is 6.05. The molecule has 0 fully saturated rings. The lowest BCUT2D eigenvalue weighted by Crippen LogP contribution is -2.16. The molecule has 0 saturated carbocycles. The summed E-state index contributed by atoms with van der Waals surface area (Å²) in [6.07, 6.45) is -0.341. The van der Waals surface area contributed by atoms with Crippen molar-refractivity contribution in [1.29, 1.82) is 0 Å². The van der Waals surface area contributed by atoms with E-state index in [2.05, 4.69) is 0 Å². The molecule has 2 aromatic rings. The molecule has 0 radical (unpaired) electrons. The quantitative estimate of drug-likeness (QED) is 0.906. The summed E-state index contributed by atoms with van der Waals surface area (Å²) in [7, 11) is 0. The summed E-state index contributed by atoms with van der Waals surface area (Å²) < 4.78 is 18.9. The van der Waals surface area contributed by atoms with Crippen molar-refractivity contribution >= 4 is 11.6 Å². The first kappa shape index (κ1) is 14.0. The van der Waals surface area contributed by atoms with Crippen LogP contribution in [0.1, 0.15) is 17.2 Å². The third-order valence-electron chi connectivity index (χ3n) is 2.83. The average molecular weight is 280 g/mol. The number of ether oxygens (including phenoxy) is 1. The SMILES string of the molecule is NCC(OCc1ccccc1Cl)c1cccc(F)c1. The average Bonchev–Trinajstić information content (AvgIpc) is 2.41. The molecule has 19 heavy (non-hydrogen) atoms. The summed E-state index contributed by atoms with van der Waals surface area (Å²) in [6.45, 7) is 0.631. The molecule has 0 bridgehead atoms. The lowest BCUT2D eigenvalue weighted by molar-refractivity contribution is 0.0455.